The number of nitrogens with zero attached hydrogens (tertiary/aromatic N) is 1. The lowest BCUT2D eigenvalue weighted by Crippen LogP contribution is -2.49. The van der Waals surface area contributed by atoms with E-state index in [1.54, 1.807) is 41.3 Å². The highest BCUT2D eigenvalue weighted by Crippen LogP contribution is 2.19. The lowest BCUT2D eigenvalue weighted by atomic mass is 10.0. The number of fused-ring (bicyclic) bond motifs is 1. The van der Waals surface area contributed by atoms with Crippen LogP contribution in [0.5, 0.6) is 0 Å². The number of hydrogen-bond acceptors (Lipinski definition) is 4. The van der Waals surface area contributed by atoms with Crippen molar-refractivity contribution in [3.8, 4) is 0 Å². The van der Waals surface area contributed by atoms with E-state index in [9.17, 15) is 19.2 Å². The SMILES string of the molecule is O=C(C[C@@H]1NC(=O)c2ccccc2NC1=O)NC1CCN(C(=O)c2ccccc2)CC1. The number of carbonyl (C=O) groups is 4. The van der Waals surface area contributed by atoms with Crippen molar-refractivity contribution < 1.29 is 19.2 Å². The number of piperidine rings is 1. The summed E-state index contributed by atoms with van der Waals surface area (Å²) in [6, 6.07) is 14.8. The second-order valence-corrected chi connectivity index (χ2v) is 7.77. The number of hydrogen-bond donors (Lipinski definition) is 3. The minimum atomic E-state index is -0.945. The van der Waals surface area contributed by atoms with E-state index < -0.39 is 11.9 Å². The maximum absolute atomic E-state index is 12.5. The van der Waals surface area contributed by atoms with Gasteiger partial charge in [0.15, 0.2) is 0 Å². The third kappa shape index (κ3) is 4.74. The number of amides is 4. The van der Waals surface area contributed by atoms with Crippen LogP contribution in [0.15, 0.2) is 54.6 Å². The van der Waals surface area contributed by atoms with Gasteiger partial charge in [-0.3, -0.25) is 19.2 Å². The zero-order valence-corrected chi connectivity index (χ0v) is 17.0. The van der Waals surface area contributed by atoms with Gasteiger partial charge in [-0.15, -0.1) is 0 Å². The minimum Gasteiger partial charge on any atom is -0.353 e. The zero-order chi connectivity index (χ0) is 21.8. The molecule has 0 aromatic heterocycles. The molecule has 0 bridgehead atoms. The molecule has 4 amide bonds. The monoisotopic (exact) mass is 420 g/mol. The molecular formula is C23H24N4O4. The van der Waals surface area contributed by atoms with Crippen molar-refractivity contribution in [1.29, 1.82) is 0 Å². The summed E-state index contributed by atoms with van der Waals surface area (Å²) in [6.45, 7) is 1.10. The summed E-state index contributed by atoms with van der Waals surface area (Å²) < 4.78 is 0. The van der Waals surface area contributed by atoms with Crippen molar-refractivity contribution in [3.05, 3.63) is 65.7 Å². The smallest absolute Gasteiger partial charge is 0.254 e. The van der Waals surface area contributed by atoms with E-state index in [0.717, 1.165) is 0 Å². The maximum atomic E-state index is 12.5. The Morgan fingerprint density at radius 2 is 1.65 bits per heavy atom. The number of rotatable bonds is 4. The molecule has 0 unspecified atom stereocenters. The van der Waals surface area contributed by atoms with Crippen molar-refractivity contribution >= 4 is 29.3 Å². The van der Waals surface area contributed by atoms with Crippen LogP contribution in [0.4, 0.5) is 5.69 Å². The third-order valence-electron chi connectivity index (χ3n) is 5.61. The van der Waals surface area contributed by atoms with Crippen molar-refractivity contribution in [1.82, 2.24) is 15.5 Å². The van der Waals surface area contributed by atoms with Crippen LogP contribution in [0.2, 0.25) is 0 Å². The molecule has 8 nitrogen and oxygen atoms in total. The molecule has 2 heterocycles. The number of anilines is 1. The first kappa shape index (κ1) is 20.6. The summed E-state index contributed by atoms with van der Waals surface area (Å²) in [7, 11) is 0. The van der Waals surface area contributed by atoms with Gasteiger partial charge in [-0.1, -0.05) is 30.3 Å². The van der Waals surface area contributed by atoms with Crippen molar-refractivity contribution in [2.45, 2.75) is 31.3 Å². The molecule has 2 aromatic rings. The Balaban J connectivity index is 1.28. The molecule has 2 aliphatic heterocycles. The minimum absolute atomic E-state index is 0.0113. The van der Waals surface area contributed by atoms with E-state index in [2.05, 4.69) is 16.0 Å². The summed E-state index contributed by atoms with van der Waals surface area (Å²) in [5.41, 5.74) is 1.46. The Hall–Kier alpha value is -3.68. The highest BCUT2D eigenvalue weighted by Gasteiger charge is 2.31. The van der Waals surface area contributed by atoms with Crippen LogP contribution in [0.3, 0.4) is 0 Å². The Morgan fingerprint density at radius 1 is 0.968 bits per heavy atom. The van der Waals surface area contributed by atoms with Crippen molar-refractivity contribution in [2.75, 3.05) is 18.4 Å². The predicted octanol–water partition coefficient (Wildman–Crippen LogP) is 1.55. The van der Waals surface area contributed by atoms with Gasteiger partial charge in [-0.25, -0.2) is 0 Å². The van der Waals surface area contributed by atoms with Crippen molar-refractivity contribution in [2.24, 2.45) is 0 Å². The van der Waals surface area contributed by atoms with Crippen molar-refractivity contribution in [3.63, 3.8) is 0 Å². The number of likely N-dealkylation sites (tertiary alicyclic amines) is 1. The van der Waals surface area contributed by atoms with Crippen LogP contribution in [-0.4, -0.2) is 53.7 Å². The fourth-order valence-corrected chi connectivity index (χ4v) is 3.92. The lowest BCUT2D eigenvalue weighted by molar-refractivity contribution is -0.126. The zero-order valence-electron chi connectivity index (χ0n) is 17.0. The van der Waals surface area contributed by atoms with E-state index in [-0.39, 0.29) is 30.2 Å². The quantitative estimate of drug-likeness (QED) is 0.697. The topological polar surface area (TPSA) is 108 Å². The molecule has 8 heteroatoms. The highest BCUT2D eigenvalue weighted by molar-refractivity contribution is 6.10. The molecule has 1 fully saturated rings. The molecule has 0 saturated carbocycles. The molecule has 31 heavy (non-hydrogen) atoms. The van der Waals surface area contributed by atoms with Gasteiger partial charge in [0, 0.05) is 24.7 Å². The number of para-hydroxylation sites is 1. The van der Waals surface area contributed by atoms with E-state index >= 15 is 0 Å². The second-order valence-electron chi connectivity index (χ2n) is 7.77. The molecule has 1 saturated heterocycles. The highest BCUT2D eigenvalue weighted by atomic mass is 16.2. The van der Waals surface area contributed by atoms with Crippen LogP contribution in [0, 0.1) is 0 Å². The van der Waals surface area contributed by atoms with Gasteiger partial charge >= 0.3 is 0 Å². The Kier molecular flexibility index (Phi) is 5.97. The standard InChI is InChI=1S/C23H24N4O4/c28-20(14-19-22(30)25-18-9-5-4-8-17(18)21(29)26-19)24-16-10-12-27(13-11-16)23(31)15-6-2-1-3-7-15/h1-9,16,19H,10-14H2,(H,24,28)(H,25,30)(H,26,29)/t19-/m0/s1. The van der Waals surface area contributed by atoms with E-state index in [4.69, 9.17) is 0 Å². The molecule has 3 N–H and O–H groups in total. The van der Waals surface area contributed by atoms with Crippen LogP contribution in [0.1, 0.15) is 40.0 Å². The Labute approximate surface area is 180 Å². The first-order valence-corrected chi connectivity index (χ1v) is 10.4. The first-order valence-electron chi connectivity index (χ1n) is 10.4. The summed E-state index contributed by atoms with van der Waals surface area (Å²) in [5.74, 6) is -1.13. The van der Waals surface area contributed by atoms with Crippen LogP contribution in [0.25, 0.3) is 0 Å². The molecule has 0 radical (unpaired) electrons. The largest absolute Gasteiger partial charge is 0.353 e. The van der Waals surface area contributed by atoms with Gasteiger partial charge in [0.25, 0.3) is 11.8 Å². The molecular weight excluding hydrogens is 396 g/mol. The summed E-state index contributed by atoms with van der Waals surface area (Å²) >= 11 is 0. The molecule has 2 aliphatic rings. The fourth-order valence-electron chi connectivity index (χ4n) is 3.92. The van der Waals surface area contributed by atoms with Crippen LogP contribution >= 0.6 is 0 Å². The van der Waals surface area contributed by atoms with Crippen LogP contribution in [-0.2, 0) is 9.59 Å². The number of nitrogens with one attached hydrogen (secondary N) is 3. The molecule has 0 aliphatic carbocycles. The lowest BCUT2D eigenvalue weighted by Gasteiger charge is -2.32. The van der Waals surface area contributed by atoms with Crippen LogP contribution < -0.4 is 16.0 Å². The van der Waals surface area contributed by atoms with Gasteiger partial charge in [-0.05, 0) is 37.1 Å². The van der Waals surface area contributed by atoms with E-state index in [1.165, 1.54) is 0 Å². The average molecular weight is 420 g/mol. The average Bonchev–Trinajstić information content (AvgIpc) is 2.90. The molecule has 0 spiro atoms. The van der Waals surface area contributed by atoms with Gasteiger partial charge in [0.2, 0.25) is 11.8 Å². The molecule has 1 atom stereocenters. The Bertz CT molecular complexity index is 1000. The fraction of sp³-hybridized carbons (Fsp3) is 0.304. The normalized spacial score (nSPS) is 19.0. The number of carbonyl (C=O) groups excluding carboxylic acids is 4. The van der Waals surface area contributed by atoms with E-state index in [0.29, 0.717) is 42.7 Å². The first-order chi connectivity index (χ1) is 15.0. The molecule has 2 aromatic carbocycles. The molecule has 4 rings (SSSR count). The van der Waals surface area contributed by atoms with Gasteiger partial charge in [-0.2, -0.15) is 0 Å². The maximum Gasteiger partial charge on any atom is 0.254 e. The van der Waals surface area contributed by atoms with E-state index in [1.807, 2.05) is 18.2 Å². The summed E-state index contributed by atoms with van der Waals surface area (Å²) in [5, 5.41) is 8.26. The summed E-state index contributed by atoms with van der Waals surface area (Å²) in [4.78, 5) is 51.7. The third-order valence-corrected chi connectivity index (χ3v) is 5.61. The van der Waals surface area contributed by atoms with Gasteiger partial charge < -0.3 is 20.9 Å². The predicted molar refractivity (Wildman–Crippen MR) is 114 cm³/mol. The Morgan fingerprint density at radius 3 is 2.39 bits per heavy atom. The van der Waals surface area contributed by atoms with Gasteiger partial charge in [0.1, 0.15) is 6.04 Å². The second kappa shape index (κ2) is 8.99. The molecule has 160 valence electrons. The van der Waals surface area contributed by atoms with Gasteiger partial charge in [0.05, 0.1) is 17.7 Å². The summed E-state index contributed by atoms with van der Waals surface area (Å²) in [6.07, 6.45) is 1.13. The number of benzene rings is 2.